The van der Waals surface area contributed by atoms with E-state index in [1.807, 2.05) is 24.3 Å². The van der Waals surface area contributed by atoms with Gasteiger partial charge in [-0.2, -0.15) is 0 Å². The molecule has 0 aromatic heterocycles. The van der Waals surface area contributed by atoms with E-state index in [-0.39, 0.29) is 0 Å². The maximum atomic E-state index is 5.13. The van der Waals surface area contributed by atoms with Crippen LogP contribution in [-0.4, -0.2) is 50.1 Å². The summed E-state index contributed by atoms with van der Waals surface area (Å²) in [6.45, 7) is 2.14. The fourth-order valence-corrected chi connectivity index (χ4v) is 1.98. The van der Waals surface area contributed by atoms with Crippen LogP contribution >= 0.6 is 0 Å². The van der Waals surface area contributed by atoms with Gasteiger partial charge in [0, 0.05) is 27.2 Å². The molecule has 1 heterocycles. The number of benzene rings is 1. The van der Waals surface area contributed by atoms with Crippen LogP contribution in [-0.2, 0) is 0 Å². The molecule has 1 fully saturated rings. The lowest BCUT2D eigenvalue weighted by Gasteiger charge is -2.34. The summed E-state index contributed by atoms with van der Waals surface area (Å²) < 4.78 is 5.13. The molecule has 1 saturated heterocycles. The van der Waals surface area contributed by atoms with Gasteiger partial charge >= 0.3 is 0 Å². The standard InChI is InChI=1S/C13H19N3O/c1-15-9-4-10-16(2)13(15)14-11-5-7-12(17-3)8-6-11/h5-8H,4,9-10H2,1-3H3. The van der Waals surface area contributed by atoms with Gasteiger partial charge < -0.3 is 14.5 Å². The van der Waals surface area contributed by atoms with Gasteiger partial charge in [-0.1, -0.05) is 0 Å². The first kappa shape index (κ1) is 11.8. The SMILES string of the molecule is COc1ccc(N=C2N(C)CCCN2C)cc1. The molecule has 2 rings (SSSR count). The van der Waals surface area contributed by atoms with Crippen molar-refractivity contribution in [3.63, 3.8) is 0 Å². The first-order valence-electron chi connectivity index (χ1n) is 5.86. The van der Waals surface area contributed by atoms with Gasteiger partial charge in [-0.15, -0.1) is 0 Å². The van der Waals surface area contributed by atoms with E-state index in [1.165, 1.54) is 6.42 Å². The Balaban J connectivity index is 2.20. The fraction of sp³-hybridized carbons (Fsp3) is 0.462. The molecule has 0 radical (unpaired) electrons. The van der Waals surface area contributed by atoms with E-state index in [0.717, 1.165) is 30.5 Å². The van der Waals surface area contributed by atoms with Crippen LogP contribution in [0.4, 0.5) is 5.69 Å². The summed E-state index contributed by atoms with van der Waals surface area (Å²) in [6, 6.07) is 7.81. The number of ether oxygens (including phenoxy) is 1. The predicted molar refractivity (Wildman–Crippen MR) is 70.0 cm³/mol. The van der Waals surface area contributed by atoms with Crippen molar-refractivity contribution in [3.8, 4) is 5.75 Å². The lowest BCUT2D eigenvalue weighted by Crippen LogP contribution is -2.46. The van der Waals surface area contributed by atoms with E-state index >= 15 is 0 Å². The van der Waals surface area contributed by atoms with Gasteiger partial charge in [-0.3, -0.25) is 0 Å². The van der Waals surface area contributed by atoms with Crippen molar-refractivity contribution in [2.75, 3.05) is 34.3 Å². The quantitative estimate of drug-likeness (QED) is 0.781. The van der Waals surface area contributed by atoms with Gasteiger partial charge in [0.15, 0.2) is 0 Å². The lowest BCUT2D eigenvalue weighted by molar-refractivity contribution is 0.319. The molecule has 1 aromatic carbocycles. The zero-order valence-corrected chi connectivity index (χ0v) is 10.7. The average molecular weight is 233 g/mol. The molecule has 1 aromatic rings. The van der Waals surface area contributed by atoms with Crippen molar-refractivity contribution < 1.29 is 4.74 Å². The highest BCUT2D eigenvalue weighted by Crippen LogP contribution is 2.19. The number of guanidine groups is 1. The molecule has 0 aliphatic carbocycles. The number of nitrogens with zero attached hydrogens (tertiary/aromatic N) is 3. The fourth-order valence-electron chi connectivity index (χ4n) is 1.98. The van der Waals surface area contributed by atoms with Crippen LogP contribution in [0.15, 0.2) is 29.3 Å². The van der Waals surface area contributed by atoms with Gasteiger partial charge in [-0.05, 0) is 30.7 Å². The molecule has 0 atom stereocenters. The minimum Gasteiger partial charge on any atom is -0.497 e. The molecule has 1 aliphatic heterocycles. The van der Waals surface area contributed by atoms with Crippen molar-refractivity contribution in [1.82, 2.24) is 9.80 Å². The zero-order chi connectivity index (χ0) is 12.3. The summed E-state index contributed by atoms with van der Waals surface area (Å²) >= 11 is 0. The van der Waals surface area contributed by atoms with Gasteiger partial charge in [0.2, 0.25) is 5.96 Å². The molecule has 4 nitrogen and oxygen atoms in total. The Hall–Kier alpha value is -1.71. The summed E-state index contributed by atoms with van der Waals surface area (Å²) in [5, 5.41) is 0. The molecule has 0 amide bonds. The molecular weight excluding hydrogens is 214 g/mol. The van der Waals surface area contributed by atoms with Crippen LogP contribution in [0.5, 0.6) is 5.75 Å². The Morgan fingerprint density at radius 2 is 1.65 bits per heavy atom. The van der Waals surface area contributed by atoms with Crippen LogP contribution in [0, 0.1) is 0 Å². The van der Waals surface area contributed by atoms with Crippen molar-refractivity contribution in [1.29, 1.82) is 0 Å². The average Bonchev–Trinajstić information content (AvgIpc) is 2.35. The minimum atomic E-state index is 0.860. The van der Waals surface area contributed by atoms with E-state index in [2.05, 4.69) is 28.9 Å². The second-order valence-electron chi connectivity index (χ2n) is 4.31. The van der Waals surface area contributed by atoms with Crippen LogP contribution < -0.4 is 4.74 Å². The Morgan fingerprint density at radius 3 is 2.18 bits per heavy atom. The zero-order valence-electron chi connectivity index (χ0n) is 10.7. The molecule has 92 valence electrons. The van der Waals surface area contributed by atoms with Crippen molar-refractivity contribution in [3.05, 3.63) is 24.3 Å². The molecule has 0 N–H and O–H groups in total. The van der Waals surface area contributed by atoms with E-state index in [4.69, 9.17) is 4.74 Å². The van der Waals surface area contributed by atoms with Crippen molar-refractivity contribution in [2.45, 2.75) is 6.42 Å². The number of hydrogen-bond acceptors (Lipinski definition) is 2. The number of rotatable bonds is 2. The summed E-state index contributed by atoms with van der Waals surface area (Å²) in [4.78, 5) is 9.04. The van der Waals surface area contributed by atoms with E-state index < -0.39 is 0 Å². The van der Waals surface area contributed by atoms with E-state index in [0.29, 0.717) is 0 Å². The Labute approximate surface area is 103 Å². The third kappa shape index (κ3) is 2.70. The topological polar surface area (TPSA) is 28.1 Å². The first-order valence-corrected chi connectivity index (χ1v) is 5.86. The summed E-state index contributed by atoms with van der Waals surface area (Å²) in [7, 11) is 5.83. The van der Waals surface area contributed by atoms with E-state index in [1.54, 1.807) is 7.11 Å². The molecule has 4 heteroatoms. The highest BCUT2D eigenvalue weighted by atomic mass is 16.5. The normalized spacial score (nSPS) is 16.1. The van der Waals surface area contributed by atoms with Gasteiger partial charge in [0.1, 0.15) is 5.75 Å². The Kier molecular flexibility index (Phi) is 3.52. The molecular formula is C13H19N3O. The highest BCUT2D eigenvalue weighted by molar-refractivity contribution is 5.83. The summed E-state index contributed by atoms with van der Waals surface area (Å²) in [5.74, 6) is 1.89. The van der Waals surface area contributed by atoms with Gasteiger partial charge in [0.25, 0.3) is 0 Å². The van der Waals surface area contributed by atoms with Crippen LogP contribution in [0.3, 0.4) is 0 Å². The Bertz CT molecular complexity index is 388. The third-order valence-electron chi connectivity index (χ3n) is 2.97. The maximum absolute atomic E-state index is 5.13. The number of aliphatic imine (C=N–C) groups is 1. The largest absolute Gasteiger partial charge is 0.497 e. The third-order valence-corrected chi connectivity index (χ3v) is 2.97. The number of hydrogen-bond donors (Lipinski definition) is 0. The van der Waals surface area contributed by atoms with Gasteiger partial charge in [-0.25, -0.2) is 4.99 Å². The second kappa shape index (κ2) is 5.08. The van der Waals surface area contributed by atoms with Crippen LogP contribution in [0.2, 0.25) is 0 Å². The molecule has 0 bridgehead atoms. The van der Waals surface area contributed by atoms with Crippen molar-refractivity contribution >= 4 is 11.6 Å². The number of methoxy groups -OCH3 is 1. The molecule has 17 heavy (non-hydrogen) atoms. The monoisotopic (exact) mass is 233 g/mol. The molecule has 0 unspecified atom stereocenters. The van der Waals surface area contributed by atoms with Crippen LogP contribution in [0.25, 0.3) is 0 Å². The van der Waals surface area contributed by atoms with Crippen LogP contribution in [0.1, 0.15) is 6.42 Å². The molecule has 1 aliphatic rings. The van der Waals surface area contributed by atoms with E-state index in [9.17, 15) is 0 Å². The second-order valence-corrected chi connectivity index (χ2v) is 4.31. The smallest absolute Gasteiger partial charge is 0.201 e. The highest BCUT2D eigenvalue weighted by Gasteiger charge is 2.17. The summed E-state index contributed by atoms with van der Waals surface area (Å²) in [6.07, 6.45) is 1.19. The molecule has 0 saturated carbocycles. The first-order chi connectivity index (χ1) is 8.20. The van der Waals surface area contributed by atoms with Gasteiger partial charge in [0.05, 0.1) is 12.8 Å². The summed E-state index contributed by atoms with van der Waals surface area (Å²) in [5.41, 5.74) is 0.960. The lowest BCUT2D eigenvalue weighted by atomic mass is 10.3. The van der Waals surface area contributed by atoms with Crippen molar-refractivity contribution in [2.24, 2.45) is 4.99 Å². The molecule has 0 spiro atoms. The maximum Gasteiger partial charge on any atom is 0.201 e. The minimum absolute atomic E-state index is 0.860. The predicted octanol–water partition coefficient (Wildman–Crippen LogP) is 1.95. The Morgan fingerprint density at radius 1 is 1.06 bits per heavy atom.